The number of hydrogen-bond acceptors (Lipinski definition) is 0. The fourth-order valence-electron chi connectivity index (χ4n) is 2.68. The molecule has 88 valence electrons. The van der Waals surface area contributed by atoms with Crippen molar-refractivity contribution in [1.29, 1.82) is 0 Å². The maximum Gasteiger partial charge on any atom is -0.0140 e. The Morgan fingerprint density at radius 3 is 2.33 bits per heavy atom. The number of fused-ring (bicyclic) bond motifs is 2. The molecule has 3 aromatic rings. The molecule has 0 aliphatic carbocycles. The lowest BCUT2D eigenvalue weighted by Crippen LogP contribution is -1.89. The molecule has 3 rings (SSSR count). The maximum absolute atomic E-state index is 3.91. The van der Waals surface area contributed by atoms with E-state index in [4.69, 9.17) is 0 Å². The van der Waals surface area contributed by atoms with E-state index in [0.717, 1.165) is 6.42 Å². The van der Waals surface area contributed by atoms with Gasteiger partial charge in [-0.15, -0.1) is 0 Å². The third kappa shape index (κ3) is 1.62. The molecule has 0 heterocycles. The molecule has 0 atom stereocenters. The molecule has 0 aromatic heterocycles. The smallest absolute Gasteiger partial charge is 0.0140 e. The molecule has 0 fully saturated rings. The molecule has 0 aliphatic rings. The number of rotatable bonds is 2. The Morgan fingerprint density at radius 2 is 1.67 bits per heavy atom. The average Bonchev–Trinajstić information content (AvgIpc) is 2.43. The Morgan fingerprint density at radius 1 is 0.944 bits per heavy atom. The van der Waals surface area contributed by atoms with Gasteiger partial charge in [0.2, 0.25) is 0 Å². The monoisotopic (exact) mass is 232 g/mol. The minimum Gasteiger partial charge on any atom is -0.0985 e. The zero-order valence-corrected chi connectivity index (χ0v) is 10.6. The van der Waals surface area contributed by atoms with Gasteiger partial charge in [-0.3, -0.25) is 0 Å². The minimum atomic E-state index is 1.04. The van der Waals surface area contributed by atoms with Gasteiger partial charge in [-0.25, -0.2) is 0 Å². The summed E-state index contributed by atoms with van der Waals surface area (Å²) < 4.78 is 0. The van der Waals surface area contributed by atoms with Gasteiger partial charge in [0, 0.05) is 0 Å². The van der Waals surface area contributed by atoms with E-state index in [-0.39, 0.29) is 0 Å². The molecule has 0 heteroatoms. The highest BCUT2D eigenvalue weighted by atomic mass is 14.1. The Hall–Kier alpha value is -2.08. The molecule has 0 nitrogen and oxygen atoms in total. The molecule has 3 aromatic carbocycles. The Labute approximate surface area is 108 Å². The van der Waals surface area contributed by atoms with Gasteiger partial charge in [-0.05, 0) is 51.2 Å². The van der Waals surface area contributed by atoms with E-state index in [1.807, 2.05) is 6.08 Å². The first-order chi connectivity index (χ1) is 8.83. The first-order valence-corrected chi connectivity index (χ1v) is 6.40. The van der Waals surface area contributed by atoms with Crippen LogP contribution in [-0.2, 0) is 6.42 Å². The summed E-state index contributed by atoms with van der Waals surface area (Å²) >= 11 is 0. The summed E-state index contributed by atoms with van der Waals surface area (Å²) in [5, 5.41) is 5.28. The van der Waals surface area contributed by atoms with Crippen molar-refractivity contribution in [2.24, 2.45) is 0 Å². The SMILES string of the molecule is C=Cc1ccc2cc3ccccc3cc2c1CC. The highest BCUT2D eigenvalue weighted by molar-refractivity contribution is 6.00. The summed E-state index contributed by atoms with van der Waals surface area (Å²) in [6.07, 6.45) is 2.99. The van der Waals surface area contributed by atoms with Crippen LogP contribution >= 0.6 is 0 Å². The van der Waals surface area contributed by atoms with Gasteiger partial charge in [-0.2, -0.15) is 0 Å². The summed E-state index contributed by atoms with van der Waals surface area (Å²) in [6.45, 7) is 6.11. The van der Waals surface area contributed by atoms with Crippen LogP contribution in [0.1, 0.15) is 18.1 Å². The predicted octanol–water partition coefficient (Wildman–Crippen LogP) is 5.20. The van der Waals surface area contributed by atoms with Crippen LogP contribution in [0.2, 0.25) is 0 Å². The van der Waals surface area contributed by atoms with Crippen molar-refractivity contribution in [3.63, 3.8) is 0 Å². The van der Waals surface area contributed by atoms with E-state index < -0.39 is 0 Å². The van der Waals surface area contributed by atoms with E-state index in [2.05, 4.69) is 62.0 Å². The first-order valence-electron chi connectivity index (χ1n) is 6.40. The summed E-state index contributed by atoms with van der Waals surface area (Å²) in [5.41, 5.74) is 2.65. The van der Waals surface area contributed by atoms with Gasteiger partial charge < -0.3 is 0 Å². The van der Waals surface area contributed by atoms with Gasteiger partial charge in [0.25, 0.3) is 0 Å². The lowest BCUT2D eigenvalue weighted by Gasteiger charge is -2.10. The van der Waals surface area contributed by atoms with Crippen molar-refractivity contribution >= 4 is 27.6 Å². The first kappa shape index (κ1) is 11.0. The standard InChI is InChI=1S/C18H16/c1-3-13-9-10-16-11-14-7-5-6-8-15(14)12-18(16)17(13)4-2/h3,5-12H,1,4H2,2H3. The lowest BCUT2D eigenvalue weighted by atomic mass is 9.94. The molecular formula is C18H16. The van der Waals surface area contributed by atoms with Crippen LogP contribution in [0.25, 0.3) is 27.6 Å². The summed E-state index contributed by atoms with van der Waals surface area (Å²) in [7, 11) is 0. The van der Waals surface area contributed by atoms with E-state index in [1.165, 1.54) is 32.7 Å². The second-order valence-electron chi connectivity index (χ2n) is 4.61. The molecule has 0 saturated heterocycles. The van der Waals surface area contributed by atoms with Gasteiger partial charge >= 0.3 is 0 Å². The third-order valence-electron chi connectivity index (χ3n) is 3.61. The predicted molar refractivity (Wildman–Crippen MR) is 80.9 cm³/mol. The minimum absolute atomic E-state index is 1.04. The maximum atomic E-state index is 3.91. The summed E-state index contributed by atoms with van der Waals surface area (Å²) in [4.78, 5) is 0. The van der Waals surface area contributed by atoms with Crippen molar-refractivity contribution in [2.45, 2.75) is 13.3 Å². The van der Waals surface area contributed by atoms with E-state index in [0.29, 0.717) is 0 Å². The quantitative estimate of drug-likeness (QED) is 0.533. The Bertz CT molecular complexity index is 735. The molecule has 0 unspecified atom stereocenters. The van der Waals surface area contributed by atoms with E-state index >= 15 is 0 Å². The second kappa shape index (κ2) is 4.30. The summed E-state index contributed by atoms with van der Waals surface area (Å²) in [5.74, 6) is 0. The second-order valence-corrected chi connectivity index (χ2v) is 4.61. The topological polar surface area (TPSA) is 0 Å². The Balaban J connectivity index is 2.46. The highest BCUT2D eigenvalue weighted by Crippen LogP contribution is 2.28. The lowest BCUT2D eigenvalue weighted by molar-refractivity contribution is 1.15. The van der Waals surface area contributed by atoms with Crippen molar-refractivity contribution in [3.05, 3.63) is 66.2 Å². The van der Waals surface area contributed by atoms with Crippen LogP contribution < -0.4 is 0 Å². The summed E-state index contributed by atoms with van der Waals surface area (Å²) in [6, 6.07) is 17.5. The zero-order chi connectivity index (χ0) is 12.5. The molecule has 0 spiro atoms. The molecular weight excluding hydrogens is 216 g/mol. The number of benzene rings is 3. The van der Waals surface area contributed by atoms with Crippen molar-refractivity contribution in [2.75, 3.05) is 0 Å². The molecule has 0 N–H and O–H groups in total. The van der Waals surface area contributed by atoms with Crippen molar-refractivity contribution in [1.82, 2.24) is 0 Å². The molecule has 0 radical (unpaired) electrons. The largest absolute Gasteiger partial charge is 0.0985 e. The normalized spacial score (nSPS) is 10.9. The average molecular weight is 232 g/mol. The fourth-order valence-corrected chi connectivity index (χ4v) is 2.68. The van der Waals surface area contributed by atoms with Gasteiger partial charge in [0.15, 0.2) is 0 Å². The van der Waals surface area contributed by atoms with Crippen LogP contribution in [0.5, 0.6) is 0 Å². The van der Waals surface area contributed by atoms with Crippen LogP contribution in [0, 0.1) is 0 Å². The Kier molecular flexibility index (Phi) is 2.64. The fraction of sp³-hybridized carbons (Fsp3) is 0.111. The van der Waals surface area contributed by atoms with Gasteiger partial charge in [-0.1, -0.05) is 56.0 Å². The third-order valence-corrected chi connectivity index (χ3v) is 3.61. The molecule has 0 bridgehead atoms. The molecule has 0 amide bonds. The van der Waals surface area contributed by atoms with Crippen molar-refractivity contribution in [3.8, 4) is 0 Å². The van der Waals surface area contributed by atoms with Gasteiger partial charge in [0.05, 0.1) is 0 Å². The molecule has 0 saturated carbocycles. The van der Waals surface area contributed by atoms with E-state index in [9.17, 15) is 0 Å². The number of hydrogen-bond donors (Lipinski definition) is 0. The van der Waals surface area contributed by atoms with E-state index in [1.54, 1.807) is 0 Å². The highest BCUT2D eigenvalue weighted by Gasteiger charge is 2.05. The molecule has 18 heavy (non-hydrogen) atoms. The van der Waals surface area contributed by atoms with Crippen LogP contribution in [0.15, 0.2) is 55.1 Å². The molecule has 0 aliphatic heterocycles. The van der Waals surface area contributed by atoms with Crippen LogP contribution in [0.3, 0.4) is 0 Å². The number of aryl methyl sites for hydroxylation is 1. The van der Waals surface area contributed by atoms with Crippen LogP contribution in [-0.4, -0.2) is 0 Å². The van der Waals surface area contributed by atoms with Gasteiger partial charge in [0.1, 0.15) is 0 Å². The zero-order valence-electron chi connectivity index (χ0n) is 10.6. The van der Waals surface area contributed by atoms with Crippen LogP contribution in [0.4, 0.5) is 0 Å². The van der Waals surface area contributed by atoms with Crippen molar-refractivity contribution < 1.29 is 0 Å².